The minimum Gasteiger partial charge on any atom is -0.496 e. The number of alkyl halides is 2. The Hall–Kier alpha value is -2.89. The van der Waals surface area contributed by atoms with Crippen molar-refractivity contribution >= 4 is 80.5 Å². The smallest absolute Gasteiger partial charge is 0.496 e. The highest BCUT2D eigenvalue weighted by molar-refractivity contribution is 8.14. The van der Waals surface area contributed by atoms with Gasteiger partial charge in [-0.25, -0.2) is 0 Å². The lowest BCUT2D eigenvalue weighted by atomic mass is 9.87. The van der Waals surface area contributed by atoms with Crippen molar-refractivity contribution in [3.05, 3.63) is 54.1 Å². The van der Waals surface area contributed by atoms with Gasteiger partial charge < -0.3 is 31.6 Å². The minimum absolute atomic E-state index is 0.106. The fourth-order valence-corrected chi connectivity index (χ4v) is 6.17. The third-order valence-corrected chi connectivity index (χ3v) is 7.66. The molecular weight excluding hydrogens is 638 g/mol. The first-order chi connectivity index (χ1) is 21.0. The summed E-state index contributed by atoms with van der Waals surface area (Å²) in [4.78, 5) is 15.8. The number of anilines is 2. The molecule has 0 N–H and O–H groups in total. The van der Waals surface area contributed by atoms with E-state index in [-0.39, 0.29) is 10.5 Å². The highest BCUT2D eigenvalue weighted by Crippen LogP contribution is 2.54. The maximum Gasteiger partial charge on any atom is 0.673 e. The summed E-state index contributed by atoms with van der Waals surface area (Å²) in [6.45, 7) is 8.07. The number of carbonyl (C=O) groups is 1. The average Bonchev–Trinajstić information content (AvgIpc) is 2.98. The van der Waals surface area contributed by atoms with E-state index in [1.165, 1.54) is 11.8 Å². The summed E-state index contributed by atoms with van der Waals surface area (Å²) in [5, 5.41) is 2.44. The summed E-state index contributed by atoms with van der Waals surface area (Å²) in [6, 6.07) is 16.6. The van der Waals surface area contributed by atoms with Gasteiger partial charge in [0, 0.05) is 30.2 Å². The van der Waals surface area contributed by atoms with E-state index in [1.54, 1.807) is 14.2 Å². The topological polar surface area (TPSA) is 42.7 Å². The van der Waals surface area contributed by atoms with E-state index < -0.39 is 7.25 Å². The van der Waals surface area contributed by atoms with Crippen LogP contribution in [0.2, 0.25) is 0 Å². The molecule has 1 aromatic heterocycles. The summed E-state index contributed by atoms with van der Waals surface area (Å²) in [6.07, 6.45) is 1.94. The largest absolute Gasteiger partial charge is 0.673 e. The predicted molar refractivity (Wildman–Crippen MR) is 177 cm³/mol. The quantitative estimate of drug-likeness (QED) is 0.0613. The fraction of sp³-hybridized carbons (Fsp3) is 0.355. The molecular formula is C31H35BCl2F4N2O3S. The molecule has 0 radical (unpaired) electrons. The van der Waals surface area contributed by atoms with Gasteiger partial charge in [-0.2, -0.15) is 4.57 Å². The summed E-state index contributed by atoms with van der Waals surface area (Å²) < 4.78 is 53.2. The van der Waals surface area contributed by atoms with Crippen LogP contribution < -0.4 is 18.9 Å². The molecule has 4 aromatic rings. The van der Waals surface area contributed by atoms with Gasteiger partial charge >= 0.3 is 7.25 Å². The van der Waals surface area contributed by atoms with E-state index in [1.807, 2.05) is 31.2 Å². The Morgan fingerprint density at radius 1 is 0.864 bits per heavy atom. The predicted octanol–water partition coefficient (Wildman–Crippen LogP) is 9.85. The van der Waals surface area contributed by atoms with Crippen LogP contribution in [0.4, 0.5) is 28.6 Å². The van der Waals surface area contributed by atoms with Gasteiger partial charge in [-0.15, -0.1) is 23.2 Å². The zero-order chi connectivity index (χ0) is 32.6. The van der Waals surface area contributed by atoms with E-state index in [2.05, 4.69) is 47.6 Å². The molecule has 0 amide bonds. The normalized spacial score (nSPS) is 11.8. The molecule has 0 saturated heterocycles. The van der Waals surface area contributed by atoms with Crippen LogP contribution in [0.15, 0.2) is 48.5 Å². The summed E-state index contributed by atoms with van der Waals surface area (Å²) in [5.74, 6) is 2.38. The number of pyridine rings is 1. The number of ether oxygens (including phenoxy) is 2. The number of hydrogen-bond donors (Lipinski definition) is 0. The number of halogens is 6. The lowest BCUT2D eigenvalue weighted by molar-refractivity contribution is -0.645. The maximum atomic E-state index is 13.5. The Labute approximate surface area is 269 Å². The van der Waals surface area contributed by atoms with Crippen molar-refractivity contribution in [1.29, 1.82) is 0 Å². The SMILES string of the molecule is CCCN1c2cccc(OC)c2-c2c3c(OC)cccc3[n+](CCC)c3c(C(=O)SCC)ccc1c23.ClCCl.F[B-](F)(F)F. The lowest BCUT2D eigenvalue weighted by Crippen LogP contribution is -2.38. The highest BCUT2D eigenvalue weighted by atomic mass is 35.5. The summed E-state index contributed by atoms with van der Waals surface area (Å²) in [5.41, 5.74) is 7.19. The molecule has 5 rings (SSSR count). The van der Waals surface area contributed by atoms with Gasteiger partial charge in [0.1, 0.15) is 23.6 Å². The molecule has 0 spiro atoms. The van der Waals surface area contributed by atoms with Crippen molar-refractivity contribution < 1.29 is 36.1 Å². The van der Waals surface area contributed by atoms with Crippen molar-refractivity contribution in [3.63, 3.8) is 0 Å². The van der Waals surface area contributed by atoms with Crippen LogP contribution >= 0.6 is 35.0 Å². The monoisotopic (exact) mass is 672 g/mol. The Morgan fingerprint density at radius 2 is 1.48 bits per heavy atom. The molecule has 0 unspecified atom stereocenters. The molecule has 1 aliphatic rings. The number of hydrogen-bond acceptors (Lipinski definition) is 5. The number of benzene rings is 3. The van der Waals surface area contributed by atoms with Gasteiger partial charge in [-0.3, -0.25) is 4.79 Å². The van der Waals surface area contributed by atoms with Crippen molar-refractivity contribution in [1.82, 2.24) is 0 Å². The second-order valence-electron chi connectivity index (χ2n) is 9.56. The average molecular weight is 673 g/mol. The first-order valence-electron chi connectivity index (χ1n) is 14.1. The van der Waals surface area contributed by atoms with Crippen molar-refractivity contribution in [3.8, 4) is 22.6 Å². The number of aryl methyl sites for hydroxylation is 1. The Kier molecular flexibility index (Phi) is 12.9. The van der Waals surface area contributed by atoms with Crippen LogP contribution in [0.5, 0.6) is 11.5 Å². The standard InChI is InChI=1S/C30H33N2O3S.CH2Cl2.BF4/c1-6-17-31-20-11-9-13-23(34-4)25(20)28-26-21(12-10-14-24(26)35-5)32(18-7-2)29-19(30(33)36-8-3)15-16-22(31)27(28)29;2-1-3;2-1(3,4)5/h9-16H,6-8,17-18H2,1-5H3;1H2;/q+1;;-1. The molecule has 44 heavy (non-hydrogen) atoms. The van der Waals surface area contributed by atoms with Gasteiger partial charge in [-0.1, -0.05) is 44.7 Å². The van der Waals surface area contributed by atoms with E-state index in [0.717, 1.165) is 93.1 Å². The second-order valence-corrected chi connectivity index (χ2v) is 11.6. The van der Waals surface area contributed by atoms with Crippen LogP contribution in [0.3, 0.4) is 0 Å². The maximum absolute atomic E-state index is 13.5. The first-order valence-corrected chi connectivity index (χ1v) is 16.2. The van der Waals surface area contributed by atoms with Crippen molar-refractivity contribution in [2.24, 2.45) is 0 Å². The van der Waals surface area contributed by atoms with E-state index in [4.69, 9.17) is 32.7 Å². The zero-order valence-corrected chi connectivity index (χ0v) is 27.6. The number of fused-ring (bicyclic) bond motifs is 4. The Balaban J connectivity index is 0.000000592. The molecule has 0 bridgehead atoms. The zero-order valence-electron chi connectivity index (χ0n) is 25.2. The van der Waals surface area contributed by atoms with Crippen LogP contribution in [-0.4, -0.2) is 44.2 Å². The highest BCUT2D eigenvalue weighted by Gasteiger charge is 2.36. The first kappa shape index (κ1) is 35.6. The number of methoxy groups -OCH3 is 2. The van der Waals surface area contributed by atoms with Gasteiger partial charge in [-0.05, 0) is 42.5 Å². The van der Waals surface area contributed by atoms with E-state index in [9.17, 15) is 22.1 Å². The minimum atomic E-state index is -6.00. The summed E-state index contributed by atoms with van der Waals surface area (Å²) >= 11 is 10.9. The van der Waals surface area contributed by atoms with Crippen molar-refractivity contribution in [2.45, 2.75) is 40.2 Å². The Morgan fingerprint density at radius 3 is 2.05 bits per heavy atom. The molecule has 0 atom stereocenters. The molecule has 0 fully saturated rings. The number of thioether (sulfide) groups is 1. The lowest BCUT2D eigenvalue weighted by Gasteiger charge is -2.34. The number of rotatable bonds is 8. The molecule has 0 aliphatic carbocycles. The van der Waals surface area contributed by atoms with Crippen molar-refractivity contribution in [2.75, 3.05) is 36.8 Å². The number of aromatic nitrogens is 1. The van der Waals surface area contributed by atoms with E-state index >= 15 is 0 Å². The van der Waals surface area contributed by atoms with Crippen LogP contribution in [0, 0.1) is 0 Å². The molecule has 2 heterocycles. The molecule has 5 nitrogen and oxygen atoms in total. The number of nitrogens with zero attached hydrogens (tertiary/aromatic N) is 2. The molecule has 238 valence electrons. The third-order valence-electron chi connectivity index (χ3n) is 6.89. The van der Waals surface area contributed by atoms with Crippen LogP contribution in [0.1, 0.15) is 44.0 Å². The molecule has 3 aromatic carbocycles. The van der Waals surface area contributed by atoms with Gasteiger partial charge in [0.05, 0.1) is 41.7 Å². The molecule has 13 heteroatoms. The third kappa shape index (κ3) is 7.49. The van der Waals surface area contributed by atoms with Crippen LogP contribution in [0.25, 0.3) is 32.9 Å². The Bertz CT molecular complexity index is 1620. The van der Waals surface area contributed by atoms with Gasteiger partial charge in [0.15, 0.2) is 0 Å². The van der Waals surface area contributed by atoms with E-state index in [0.29, 0.717) is 0 Å². The molecule has 1 aliphatic heterocycles. The van der Waals surface area contributed by atoms with Gasteiger partial charge in [0.25, 0.3) is 0 Å². The van der Waals surface area contributed by atoms with Crippen LogP contribution in [-0.2, 0) is 6.54 Å². The summed E-state index contributed by atoms with van der Waals surface area (Å²) in [7, 11) is -2.55. The molecule has 0 saturated carbocycles. The fourth-order valence-electron chi connectivity index (χ4n) is 5.58. The second kappa shape index (κ2) is 15.9. The number of carbonyl (C=O) groups excluding carboxylic acids is 1. The van der Waals surface area contributed by atoms with Gasteiger partial charge in [0.2, 0.25) is 16.1 Å².